The number of hydrogen-bond donors (Lipinski definition) is 1. The topological polar surface area (TPSA) is 38.7 Å². The third kappa shape index (κ3) is 3.35. The van der Waals surface area contributed by atoms with Gasteiger partial charge in [0, 0.05) is 10.8 Å². The second kappa shape index (κ2) is 7.06. The Hall–Kier alpha value is -3.04. The Morgan fingerprint density at radius 3 is 2.31 bits per heavy atom. The van der Waals surface area contributed by atoms with E-state index in [2.05, 4.69) is 12.1 Å². The first-order valence-corrected chi connectivity index (χ1v) is 8.70. The van der Waals surface area contributed by atoms with Crippen LogP contribution in [0.1, 0.15) is 6.92 Å². The molecule has 0 aliphatic carbocycles. The number of ether oxygens (including phenoxy) is 2. The van der Waals surface area contributed by atoms with Crippen molar-refractivity contribution >= 4 is 21.5 Å². The van der Waals surface area contributed by atoms with Crippen molar-refractivity contribution in [1.29, 1.82) is 0 Å². The van der Waals surface area contributed by atoms with E-state index >= 15 is 0 Å². The van der Waals surface area contributed by atoms with Crippen molar-refractivity contribution in [2.75, 3.05) is 6.61 Å². The zero-order chi connectivity index (χ0) is 17.9. The van der Waals surface area contributed by atoms with E-state index in [4.69, 9.17) is 9.47 Å². The van der Waals surface area contributed by atoms with Crippen LogP contribution in [0, 0.1) is 0 Å². The molecular weight excluding hydrogens is 324 g/mol. The number of fused-ring (bicyclic) bond motifs is 2. The van der Waals surface area contributed by atoms with Crippen molar-refractivity contribution in [3.05, 3.63) is 78.9 Å². The van der Waals surface area contributed by atoms with Crippen molar-refractivity contribution in [3.8, 4) is 17.2 Å². The van der Waals surface area contributed by atoms with Gasteiger partial charge in [-0.05, 0) is 48.0 Å². The quantitative estimate of drug-likeness (QED) is 0.483. The number of para-hydroxylation sites is 1. The standard InChI is InChI=1S/C23H20O3/c1-16(24)15-25-23-21-10-6-5-7-17(21)13-18-11-12-20(14-22(18)23)26-19-8-3-2-4-9-19/h2-14,16,24H,15H2,1H3. The molecule has 26 heavy (non-hydrogen) atoms. The van der Waals surface area contributed by atoms with Crippen LogP contribution in [0.25, 0.3) is 21.5 Å². The van der Waals surface area contributed by atoms with Crippen LogP contribution in [0.4, 0.5) is 0 Å². The first-order chi connectivity index (χ1) is 12.7. The van der Waals surface area contributed by atoms with Crippen LogP contribution in [0.2, 0.25) is 0 Å². The summed E-state index contributed by atoms with van der Waals surface area (Å²) in [4.78, 5) is 0. The van der Waals surface area contributed by atoms with Crippen LogP contribution in [0.15, 0.2) is 78.9 Å². The maximum atomic E-state index is 9.66. The molecule has 0 aliphatic heterocycles. The summed E-state index contributed by atoms with van der Waals surface area (Å²) >= 11 is 0. The third-order valence-electron chi connectivity index (χ3n) is 4.23. The lowest BCUT2D eigenvalue weighted by molar-refractivity contribution is 0.124. The molecule has 4 aromatic carbocycles. The summed E-state index contributed by atoms with van der Waals surface area (Å²) in [6.07, 6.45) is -0.534. The summed E-state index contributed by atoms with van der Waals surface area (Å²) < 4.78 is 12.0. The molecule has 4 rings (SSSR count). The van der Waals surface area contributed by atoms with Gasteiger partial charge in [0.1, 0.15) is 23.9 Å². The Morgan fingerprint density at radius 1 is 0.769 bits per heavy atom. The molecule has 0 bridgehead atoms. The van der Waals surface area contributed by atoms with Gasteiger partial charge in [0.15, 0.2) is 0 Å². The molecule has 0 fully saturated rings. The monoisotopic (exact) mass is 344 g/mol. The van der Waals surface area contributed by atoms with Crippen LogP contribution in [-0.2, 0) is 0 Å². The van der Waals surface area contributed by atoms with Crippen LogP contribution >= 0.6 is 0 Å². The van der Waals surface area contributed by atoms with E-state index in [-0.39, 0.29) is 6.61 Å². The highest BCUT2D eigenvalue weighted by molar-refractivity contribution is 6.05. The Kier molecular flexibility index (Phi) is 4.46. The molecule has 3 heteroatoms. The summed E-state index contributed by atoms with van der Waals surface area (Å²) in [5.74, 6) is 2.32. The molecule has 0 aliphatic rings. The van der Waals surface area contributed by atoms with Gasteiger partial charge in [0.2, 0.25) is 0 Å². The van der Waals surface area contributed by atoms with E-state index in [1.54, 1.807) is 6.92 Å². The molecule has 0 radical (unpaired) electrons. The minimum Gasteiger partial charge on any atom is -0.490 e. The molecule has 0 saturated heterocycles. The zero-order valence-corrected chi connectivity index (χ0v) is 14.6. The summed E-state index contributed by atoms with van der Waals surface area (Å²) in [6, 6.07) is 26.0. The molecule has 0 heterocycles. The minimum absolute atomic E-state index is 0.243. The normalized spacial score (nSPS) is 12.2. The molecule has 1 atom stereocenters. The Balaban J connectivity index is 1.84. The third-order valence-corrected chi connectivity index (χ3v) is 4.23. The molecule has 0 spiro atoms. The van der Waals surface area contributed by atoms with E-state index in [1.165, 1.54) is 0 Å². The van der Waals surface area contributed by atoms with E-state index in [1.807, 2.05) is 66.7 Å². The minimum atomic E-state index is -0.534. The lowest BCUT2D eigenvalue weighted by Crippen LogP contribution is -2.13. The average Bonchev–Trinajstić information content (AvgIpc) is 2.66. The van der Waals surface area contributed by atoms with Crippen LogP contribution in [-0.4, -0.2) is 17.8 Å². The lowest BCUT2D eigenvalue weighted by Gasteiger charge is -2.15. The highest BCUT2D eigenvalue weighted by atomic mass is 16.5. The fraction of sp³-hybridized carbons (Fsp3) is 0.130. The molecule has 4 aromatic rings. The van der Waals surface area contributed by atoms with Crippen LogP contribution < -0.4 is 9.47 Å². The predicted molar refractivity (Wildman–Crippen MR) is 105 cm³/mol. The number of aliphatic hydroxyl groups is 1. The van der Waals surface area contributed by atoms with Crippen LogP contribution in [0.5, 0.6) is 17.2 Å². The summed E-state index contributed by atoms with van der Waals surface area (Å²) in [6.45, 7) is 1.96. The van der Waals surface area contributed by atoms with E-state index in [9.17, 15) is 5.11 Å². The fourth-order valence-electron chi connectivity index (χ4n) is 3.05. The van der Waals surface area contributed by atoms with Gasteiger partial charge in [-0.3, -0.25) is 0 Å². The van der Waals surface area contributed by atoms with E-state index < -0.39 is 6.10 Å². The average molecular weight is 344 g/mol. The van der Waals surface area contributed by atoms with Gasteiger partial charge in [-0.2, -0.15) is 0 Å². The largest absolute Gasteiger partial charge is 0.490 e. The number of benzene rings is 4. The van der Waals surface area contributed by atoms with E-state index in [0.717, 1.165) is 38.8 Å². The SMILES string of the molecule is CC(O)COc1c2ccccc2cc2ccc(Oc3ccccc3)cc12. The summed E-state index contributed by atoms with van der Waals surface area (Å²) in [5.41, 5.74) is 0. The summed E-state index contributed by atoms with van der Waals surface area (Å²) in [7, 11) is 0. The van der Waals surface area contributed by atoms with Crippen molar-refractivity contribution in [2.24, 2.45) is 0 Å². The van der Waals surface area contributed by atoms with Crippen molar-refractivity contribution in [3.63, 3.8) is 0 Å². The molecule has 0 aromatic heterocycles. The molecule has 1 N–H and O–H groups in total. The molecule has 0 amide bonds. The second-order valence-corrected chi connectivity index (χ2v) is 6.38. The van der Waals surface area contributed by atoms with Gasteiger partial charge in [-0.1, -0.05) is 48.5 Å². The maximum Gasteiger partial charge on any atom is 0.135 e. The Labute approximate surface area is 152 Å². The first kappa shape index (κ1) is 16.4. The highest BCUT2D eigenvalue weighted by Gasteiger charge is 2.11. The van der Waals surface area contributed by atoms with Gasteiger partial charge < -0.3 is 14.6 Å². The molecule has 130 valence electrons. The molecular formula is C23H20O3. The van der Waals surface area contributed by atoms with Crippen molar-refractivity contribution < 1.29 is 14.6 Å². The predicted octanol–water partition coefficient (Wildman–Crippen LogP) is 5.54. The van der Waals surface area contributed by atoms with Gasteiger partial charge in [-0.25, -0.2) is 0 Å². The fourth-order valence-corrected chi connectivity index (χ4v) is 3.05. The highest BCUT2D eigenvalue weighted by Crippen LogP contribution is 2.37. The van der Waals surface area contributed by atoms with Gasteiger partial charge >= 0.3 is 0 Å². The smallest absolute Gasteiger partial charge is 0.135 e. The second-order valence-electron chi connectivity index (χ2n) is 6.38. The van der Waals surface area contributed by atoms with Gasteiger partial charge in [-0.15, -0.1) is 0 Å². The first-order valence-electron chi connectivity index (χ1n) is 8.70. The number of rotatable bonds is 5. The van der Waals surface area contributed by atoms with Crippen molar-refractivity contribution in [1.82, 2.24) is 0 Å². The number of hydrogen-bond acceptors (Lipinski definition) is 3. The molecule has 1 unspecified atom stereocenters. The Morgan fingerprint density at radius 2 is 1.50 bits per heavy atom. The Bertz CT molecular complexity index is 1040. The van der Waals surface area contributed by atoms with Crippen LogP contribution in [0.3, 0.4) is 0 Å². The number of aliphatic hydroxyl groups excluding tert-OH is 1. The van der Waals surface area contributed by atoms with Gasteiger partial charge in [0.05, 0.1) is 6.10 Å². The summed E-state index contributed by atoms with van der Waals surface area (Å²) in [5, 5.41) is 13.8. The lowest BCUT2D eigenvalue weighted by atomic mass is 10.0. The maximum absolute atomic E-state index is 9.66. The van der Waals surface area contributed by atoms with Crippen molar-refractivity contribution in [2.45, 2.75) is 13.0 Å². The zero-order valence-electron chi connectivity index (χ0n) is 14.6. The van der Waals surface area contributed by atoms with E-state index in [0.29, 0.717) is 0 Å². The molecule has 3 nitrogen and oxygen atoms in total. The molecule has 0 saturated carbocycles. The van der Waals surface area contributed by atoms with Gasteiger partial charge in [0.25, 0.3) is 0 Å².